The van der Waals surface area contributed by atoms with E-state index in [1.54, 1.807) is 42.5 Å². The third-order valence-electron chi connectivity index (χ3n) is 3.27. The first-order chi connectivity index (χ1) is 10.0. The van der Waals surface area contributed by atoms with Crippen molar-refractivity contribution in [3.63, 3.8) is 0 Å². The number of carbonyl (C=O) groups is 2. The second-order valence-electron chi connectivity index (χ2n) is 4.52. The standard InChI is InChI=1S/C15H9ClN2O2S/c16-11-6-5-8(13(17)21)7-12(11)18-14(19)9-3-1-2-4-10(9)15(18)20/h1-7H,(H2,17,21). The number of nitrogens with two attached hydrogens (primary N) is 1. The van der Waals surface area contributed by atoms with Crippen molar-refractivity contribution in [2.24, 2.45) is 5.73 Å². The molecule has 1 aliphatic heterocycles. The molecular formula is C15H9ClN2O2S. The van der Waals surface area contributed by atoms with Gasteiger partial charge in [0.25, 0.3) is 11.8 Å². The first-order valence-electron chi connectivity index (χ1n) is 6.08. The summed E-state index contributed by atoms with van der Waals surface area (Å²) in [6.45, 7) is 0. The molecule has 0 bridgehead atoms. The lowest BCUT2D eigenvalue weighted by Gasteiger charge is -2.16. The highest BCUT2D eigenvalue weighted by Gasteiger charge is 2.37. The van der Waals surface area contributed by atoms with Crippen LogP contribution in [0, 0.1) is 0 Å². The molecule has 21 heavy (non-hydrogen) atoms. The molecule has 0 spiro atoms. The third-order valence-corrected chi connectivity index (χ3v) is 3.82. The fourth-order valence-electron chi connectivity index (χ4n) is 2.25. The first-order valence-corrected chi connectivity index (χ1v) is 6.86. The zero-order valence-corrected chi connectivity index (χ0v) is 12.2. The summed E-state index contributed by atoms with van der Waals surface area (Å²) in [5, 5.41) is 0.282. The summed E-state index contributed by atoms with van der Waals surface area (Å²) in [5.41, 5.74) is 7.13. The molecule has 0 radical (unpaired) electrons. The van der Waals surface area contributed by atoms with E-state index in [2.05, 4.69) is 0 Å². The minimum Gasteiger partial charge on any atom is -0.389 e. The minimum atomic E-state index is -0.405. The molecule has 0 fully saturated rings. The van der Waals surface area contributed by atoms with Crippen LogP contribution < -0.4 is 10.6 Å². The van der Waals surface area contributed by atoms with Crippen molar-refractivity contribution >= 4 is 46.3 Å². The van der Waals surface area contributed by atoms with Crippen LogP contribution in [0.25, 0.3) is 0 Å². The van der Waals surface area contributed by atoms with E-state index in [1.807, 2.05) is 0 Å². The van der Waals surface area contributed by atoms with Crippen molar-refractivity contribution in [1.29, 1.82) is 0 Å². The Morgan fingerprint density at radius 3 is 2.14 bits per heavy atom. The fourth-order valence-corrected chi connectivity index (χ4v) is 2.57. The number of hydrogen-bond donors (Lipinski definition) is 1. The Bertz CT molecular complexity index is 769. The second-order valence-corrected chi connectivity index (χ2v) is 5.37. The molecule has 1 heterocycles. The number of hydrogen-bond acceptors (Lipinski definition) is 3. The first kappa shape index (κ1) is 13.7. The second kappa shape index (κ2) is 4.95. The molecule has 1 aliphatic rings. The number of imide groups is 1. The van der Waals surface area contributed by atoms with Gasteiger partial charge in [-0.2, -0.15) is 0 Å². The highest BCUT2D eigenvalue weighted by atomic mass is 35.5. The van der Waals surface area contributed by atoms with Crippen molar-refractivity contribution in [2.45, 2.75) is 0 Å². The smallest absolute Gasteiger partial charge is 0.266 e. The van der Waals surface area contributed by atoms with Crippen molar-refractivity contribution in [1.82, 2.24) is 0 Å². The molecule has 2 aromatic rings. The topological polar surface area (TPSA) is 63.4 Å². The van der Waals surface area contributed by atoms with Crippen LogP contribution >= 0.6 is 23.8 Å². The Hall–Kier alpha value is -2.24. The molecular weight excluding hydrogens is 308 g/mol. The number of fused-ring (bicyclic) bond motifs is 1. The van der Waals surface area contributed by atoms with E-state index in [9.17, 15) is 9.59 Å². The molecule has 2 aromatic carbocycles. The SMILES string of the molecule is NC(=S)c1ccc(Cl)c(N2C(=O)c3ccccc3C2=O)c1. The summed E-state index contributed by atoms with van der Waals surface area (Å²) in [5.74, 6) is -0.810. The Labute approximate surface area is 131 Å². The number of benzene rings is 2. The molecule has 0 saturated carbocycles. The van der Waals surface area contributed by atoms with Gasteiger partial charge in [0.2, 0.25) is 0 Å². The van der Waals surface area contributed by atoms with E-state index >= 15 is 0 Å². The van der Waals surface area contributed by atoms with Gasteiger partial charge in [-0.05, 0) is 24.3 Å². The number of anilines is 1. The van der Waals surface area contributed by atoms with Gasteiger partial charge in [-0.3, -0.25) is 9.59 Å². The van der Waals surface area contributed by atoms with Crippen molar-refractivity contribution in [3.05, 3.63) is 64.2 Å². The van der Waals surface area contributed by atoms with E-state index in [4.69, 9.17) is 29.6 Å². The number of amides is 2. The summed E-state index contributed by atoms with van der Waals surface area (Å²) in [6.07, 6.45) is 0. The highest BCUT2D eigenvalue weighted by Crippen LogP contribution is 2.33. The van der Waals surface area contributed by atoms with Gasteiger partial charge in [0.05, 0.1) is 21.8 Å². The maximum absolute atomic E-state index is 12.4. The lowest BCUT2D eigenvalue weighted by molar-refractivity contribution is 0.0926. The average Bonchev–Trinajstić information content (AvgIpc) is 2.72. The zero-order valence-electron chi connectivity index (χ0n) is 10.7. The fraction of sp³-hybridized carbons (Fsp3) is 0. The zero-order chi connectivity index (χ0) is 15.1. The summed E-state index contributed by atoms with van der Waals surface area (Å²) >= 11 is 11.0. The van der Waals surface area contributed by atoms with Gasteiger partial charge in [-0.1, -0.05) is 42.0 Å². The molecule has 0 atom stereocenters. The molecule has 0 aliphatic carbocycles. The number of halogens is 1. The lowest BCUT2D eigenvalue weighted by Crippen LogP contribution is -2.30. The Morgan fingerprint density at radius 2 is 1.62 bits per heavy atom. The Morgan fingerprint density at radius 1 is 1.05 bits per heavy atom. The van der Waals surface area contributed by atoms with Crippen LogP contribution in [0.2, 0.25) is 5.02 Å². The van der Waals surface area contributed by atoms with Gasteiger partial charge in [-0.25, -0.2) is 4.90 Å². The van der Waals surface area contributed by atoms with E-state index in [0.717, 1.165) is 4.90 Å². The summed E-state index contributed by atoms with van der Waals surface area (Å²) in [7, 11) is 0. The normalized spacial score (nSPS) is 13.5. The Balaban J connectivity index is 2.15. The van der Waals surface area contributed by atoms with Crippen LogP contribution in [0.1, 0.15) is 26.3 Å². The number of thiocarbonyl (C=S) groups is 1. The summed E-state index contributed by atoms with van der Waals surface area (Å²) < 4.78 is 0. The van der Waals surface area contributed by atoms with Gasteiger partial charge < -0.3 is 5.73 Å². The van der Waals surface area contributed by atoms with Crippen molar-refractivity contribution in [3.8, 4) is 0 Å². The van der Waals surface area contributed by atoms with Gasteiger partial charge >= 0.3 is 0 Å². The summed E-state index contributed by atoms with van der Waals surface area (Å²) in [4.78, 5) is 26.1. The van der Waals surface area contributed by atoms with Gasteiger partial charge in [0.1, 0.15) is 4.99 Å². The predicted molar refractivity (Wildman–Crippen MR) is 84.9 cm³/mol. The van der Waals surface area contributed by atoms with Crippen LogP contribution in [0.4, 0.5) is 5.69 Å². The van der Waals surface area contributed by atoms with E-state index in [0.29, 0.717) is 16.7 Å². The van der Waals surface area contributed by atoms with Crippen LogP contribution in [0.3, 0.4) is 0 Å². The molecule has 0 saturated heterocycles. The van der Waals surface area contributed by atoms with Gasteiger partial charge in [-0.15, -0.1) is 0 Å². The van der Waals surface area contributed by atoms with Crippen LogP contribution in [-0.4, -0.2) is 16.8 Å². The van der Waals surface area contributed by atoms with Crippen molar-refractivity contribution in [2.75, 3.05) is 4.90 Å². The van der Waals surface area contributed by atoms with Crippen LogP contribution in [0.15, 0.2) is 42.5 Å². The summed E-state index contributed by atoms with van der Waals surface area (Å²) in [6, 6.07) is 11.4. The molecule has 0 aromatic heterocycles. The Kier molecular flexibility index (Phi) is 3.23. The predicted octanol–water partition coefficient (Wildman–Crippen LogP) is 2.77. The number of rotatable bonds is 2. The molecule has 3 rings (SSSR count). The van der Waals surface area contributed by atoms with Gasteiger partial charge in [0, 0.05) is 5.56 Å². The number of nitrogens with zero attached hydrogens (tertiary/aromatic N) is 1. The largest absolute Gasteiger partial charge is 0.389 e. The number of carbonyl (C=O) groups excluding carboxylic acids is 2. The molecule has 4 nitrogen and oxygen atoms in total. The average molecular weight is 317 g/mol. The van der Waals surface area contributed by atoms with E-state index in [-0.39, 0.29) is 15.7 Å². The maximum atomic E-state index is 12.4. The van der Waals surface area contributed by atoms with Crippen molar-refractivity contribution < 1.29 is 9.59 Å². The molecule has 2 N–H and O–H groups in total. The molecule has 0 unspecified atom stereocenters. The van der Waals surface area contributed by atoms with E-state index < -0.39 is 11.8 Å². The van der Waals surface area contributed by atoms with Crippen LogP contribution in [0.5, 0.6) is 0 Å². The molecule has 6 heteroatoms. The molecule has 104 valence electrons. The molecule has 2 amide bonds. The maximum Gasteiger partial charge on any atom is 0.266 e. The minimum absolute atomic E-state index is 0.171. The quantitative estimate of drug-likeness (QED) is 0.683. The highest BCUT2D eigenvalue weighted by molar-refractivity contribution is 7.80. The lowest BCUT2D eigenvalue weighted by atomic mass is 10.1. The monoisotopic (exact) mass is 316 g/mol. The van der Waals surface area contributed by atoms with E-state index in [1.165, 1.54) is 0 Å². The third kappa shape index (κ3) is 2.11. The van der Waals surface area contributed by atoms with Gasteiger partial charge in [0.15, 0.2) is 0 Å². The van der Waals surface area contributed by atoms with Crippen LogP contribution in [-0.2, 0) is 0 Å².